The van der Waals surface area contributed by atoms with E-state index >= 15 is 0 Å². The Morgan fingerprint density at radius 1 is 1.15 bits per heavy atom. The average molecular weight is 470 g/mol. The normalized spacial score (nSPS) is 15.9. The van der Waals surface area contributed by atoms with Crippen LogP contribution in [0.25, 0.3) is 10.7 Å². The number of carbonyl (C=O) groups excluding carboxylic acids is 1. The molecule has 0 aliphatic carbocycles. The topological polar surface area (TPSA) is 96.8 Å². The molecule has 1 fully saturated rings. The van der Waals surface area contributed by atoms with Gasteiger partial charge >= 0.3 is 6.01 Å². The molecule has 4 rings (SSSR count). The minimum Gasteiger partial charge on any atom is -0.424 e. The number of morpholine rings is 1. The van der Waals surface area contributed by atoms with E-state index in [1.165, 1.54) is 16.2 Å². The van der Waals surface area contributed by atoms with Crippen LogP contribution in [-0.4, -0.2) is 84.7 Å². The summed E-state index contributed by atoms with van der Waals surface area (Å²) in [6.45, 7) is 3.95. The maximum Gasteiger partial charge on any atom is 0.327 e. The van der Waals surface area contributed by atoms with Gasteiger partial charge in [0.25, 0.3) is 5.91 Å². The Morgan fingerprint density at radius 3 is 2.55 bits per heavy atom. The first-order chi connectivity index (χ1) is 15.8. The van der Waals surface area contributed by atoms with E-state index in [4.69, 9.17) is 14.5 Å². The van der Waals surface area contributed by atoms with E-state index in [0.717, 1.165) is 10.0 Å². The van der Waals surface area contributed by atoms with Gasteiger partial charge in [-0.2, -0.15) is 15.0 Å². The first-order valence-electron chi connectivity index (χ1n) is 10.6. The lowest BCUT2D eigenvalue weighted by Crippen LogP contribution is -2.44. The van der Waals surface area contributed by atoms with Gasteiger partial charge in [-0.15, -0.1) is 0 Å². The highest BCUT2D eigenvalue weighted by Gasteiger charge is 2.24. The highest BCUT2D eigenvalue weighted by atomic mass is 32.1. The van der Waals surface area contributed by atoms with Crippen molar-refractivity contribution in [2.24, 2.45) is 0 Å². The number of rotatable bonds is 6. The third-order valence-corrected chi connectivity index (χ3v) is 6.20. The van der Waals surface area contributed by atoms with Crippen LogP contribution in [0.4, 0.5) is 11.1 Å². The van der Waals surface area contributed by atoms with Crippen molar-refractivity contribution >= 4 is 28.3 Å². The fourth-order valence-electron chi connectivity index (χ4n) is 3.26. The Morgan fingerprint density at radius 2 is 1.91 bits per heavy atom. The third-order valence-electron chi connectivity index (χ3n) is 5.04. The predicted octanol–water partition coefficient (Wildman–Crippen LogP) is 2.78. The molecular formula is C22H27N7O3S. The number of aromatic nitrogens is 4. The summed E-state index contributed by atoms with van der Waals surface area (Å²) in [6.07, 6.45) is 1.76. The number of hydrogen-bond donors (Lipinski definition) is 0. The number of benzene rings is 1. The highest BCUT2D eigenvalue weighted by molar-refractivity contribution is 7.18. The molecule has 3 aromatic rings. The van der Waals surface area contributed by atoms with Crippen molar-refractivity contribution in [3.8, 4) is 22.5 Å². The predicted molar refractivity (Wildman–Crippen MR) is 127 cm³/mol. The van der Waals surface area contributed by atoms with Crippen molar-refractivity contribution in [2.75, 3.05) is 57.7 Å². The van der Waals surface area contributed by atoms with E-state index in [0.29, 0.717) is 42.8 Å². The van der Waals surface area contributed by atoms with Gasteiger partial charge in [-0.25, -0.2) is 4.98 Å². The van der Waals surface area contributed by atoms with Crippen molar-refractivity contribution in [1.29, 1.82) is 0 Å². The maximum atomic E-state index is 12.1. The van der Waals surface area contributed by atoms with Crippen molar-refractivity contribution < 1.29 is 14.3 Å². The number of thiazole rings is 1. The molecule has 3 heterocycles. The summed E-state index contributed by atoms with van der Waals surface area (Å²) in [6, 6.07) is 7.20. The number of hydrogen-bond acceptors (Lipinski definition) is 10. The van der Waals surface area contributed by atoms with E-state index < -0.39 is 0 Å². The maximum absolute atomic E-state index is 12.1. The van der Waals surface area contributed by atoms with Crippen molar-refractivity contribution in [2.45, 2.75) is 13.0 Å². The summed E-state index contributed by atoms with van der Waals surface area (Å²) in [7, 11) is 7.31. The van der Waals surface area contributed by atoms with Crippen LogP contribution in [0.2, 0.25) is 0 Å². The fourth-order valence-corrected chi connectivity index (χ4v) is 4.03. The molecule has 1 unspecified atom stereocenters. The smallest absolute Gasteiger partial charge is 0.327 e. The standard InChI is InChI=1S/C22H27N7O3S/c1-14-13-31-11-10-29(14)20-24-18(17-12-23-22(33-17)28(4)5)25-21(26-20)32-16-8-6-15(7-9-16)19(30)27(2)3/h6-9,12,14H,10-11,13H2,1-5H3. The Bertz CT molecular complexity index is 1120. The van der Waals surface area contributed by atoms with Gasteiger partial charge in [0.15, 0.2) is 11.0 Å². The first kappa shape index (κ1) is 22.9. The number of carbonyl (C=O) groups is 1. The Labute approximate surface area is 196 Å². The minimum atomic E-state index is -0.0746. The molecule has 11 heteroatoms. The molecule has 1 aromatic carbocycles. The summed E-state index contributed by atoms with van der Waals surface area (Å²) in [5.74, 6) is 1.49. The lowest BCUT2D eigenvalue weighted by Gasteiger charge is -2.33. The van der Waals surface area contributed by atoms with E-state index in [2.05, 4.69) is 26.8 Å². The fraction of sp³-hybridized carbons (Fsp3) is 0.409. The van der Waals surface area contributed by atoms with Crippen molar-refractivity contribution in [1.82, 2.24) is 24.8 Å². The second kappa shape index (κ2) is 9.67. The zero-order valence-corrected chi connectivity index (χ0v) is 20.2. The van der Waals surface area contributed by atoms with Crippen LogP contribution in [0.3, 0.4) is 0 Å². The number of ether oxygens (including phenoxy) is 2. The second-order valence-electron chi connectivity index (χ2n) is 8.09. The minimum absolute atomic E-state index is 0.0746. The van der Waals surface area contributed by atoms with Gasteiger partial charge in [0.05, 0.1) is 30.3 Å². The molecule has 0 N–H and O–H groups in total. The van der Waals surface area contributed by atoms with Crippen molar-refractivity contribution in [3.05, 3.63) is 36.0 Å². The van der Waals surface area contributed by atoms with Crippen LogP contribution < -0.4 is 14.5 Å². The molecule has 0 saturated carbocycles. The second-order valence-corrected chi connectivity index (χ2v) is 9.10. The average Bonchev–Trinajstić information content (AvgIpc) is 3.30. The summed E-state index contributed by atoms with van der Waals surface area (Å²) in [5, 5.41) is 0.857. The van der Waals surface area contributed by atoms with Crippen LogP contribution in [0.5, 0.6) is 11.8 Å². The Hall–Kier alpha value is -3.31. The van der Waals surface area contributed by atoms with Crippen molar-refractivity contribution in [3.63, 3.8) is 0 Å². The molecule has 1 aliphatic heterocycles. The Kier molecular flexibility index (Phi) is 6.70. The number of anilines is 2. The highest BCUT2D eigenvalue weighted by Crippen LogP contribution is 2.31. The van der Waals surface area contributed by atoms with Crippen LogP contribution in [0, 0.1) is 0 Å². The van der Waals surface area contributed by atoms with Gasteiger partial charge in [0.2, 0.25) is 5.95 Å². The summed E-state index contributed by atoms with van der Waals surface area (Å²) in [5.41, 5.74) is 0.576. The molecule has 10 nitrogen and oxygen atoms in total. The van der Waals surface area contributed by atoms with Crippen LogP contribution in [0.15, 0.2) is 30.5 Å². The molecule has 0 radical (unpaired) electrons. The third kappa shape index (κ3) is 5.20. The van der Waals surface area contributed by atoms with Crippen LogP contribution >= 0.6 is 11.3 Å². The molecule has 0 spiro atoms. The first-order valence-corrected chi connectivity index (χ1v) is 11.4. The van der Waals surface area contributed by atoms with Gasteiger partial charge in [-0.05, 0) is 31.2 Å². The summed E-state index contributed by atoms with van der Waals surface area (Å²) < 4.78 is 11.5. The summed E-state index contributed by atoms with van der Waals surface area (Å²) >= 11 is 1.49. The lowest BCUT2D eigenvalue weighted by molar-refractivity contribution is 0.0827. The number of nitrogens with zero attached hydrogens (tertiary/aromatic N) is 7. The van der Waals surface area contributed by atoms with E-state index in [-0.39, 0.29) is 18.0 Å². The monoisotopic (exact) mass is 469 g/mol. The van der Waals surface area contributed by atoms with Gasteiger partial charge in [-0.3, -0.25) is 4.79 Å². The van der Waals surface area contributed by atoms with Crippen LogP contribution in [0.1, 0.15) is 17.3 Å². The van der Waals surface area contributed by atoms with Gasteiger partial charge in [0.1, 0.15) is 5.75 Å². The quantitative estimate of drug-likeness (QED) is 0.540. The Balaban J connectivity index is 1.67. The molecule has 1 aliphatic rings. The molecule has 0 bridgehead atoms. The molecule has 1 amide bonds. The summed E-state index contributed by atoms with van der Waals surface area (Å²) in [4.78, 5) is 36.8. The molecular weight excluding hydrogens is 442 g/mol. The van der Waals surface area contributed by atoms with Gasteiger partial charge < -0.3 is 24.2 Å². The molecule has 174 valence electrons. The zero-order valence-electron chi connectivity index (χ0n) is 19.3. The van der Waals surface area contributed by atoms with Crippen LogP contribution in [-0.2, 0) is 4.74 Å². The zero-order chi connectivity index (χ0) is 23.5. The molecule has 1 atom stereocenters. The number of amides is 1. The molecule has 2 aromatic heterocycles. The largest absolute Gasteiger partial charge is 0.424 e. The lowest BCUT2D eigenvalue weighted by atomic mass is 10.2. The molecule has 1 saturated heterocycles. The SMILES string of the molecule is CC1COCCN1c1nc(Oc2ccc(C(=O)N(C)C)cc2)nc(-c2cnc(N(C)C)s2)n1. The van der Waals surface area contributed by atoms with Gasteiger partial charge in [-0.1, -0.05) is 11.3 Å². The van der Waals surface area contributed by atoms with Gasteiger partial charge in [0, 0.05) is 40.3 Å². The molecule has 33 heavy (non-hydrogen) atoms. The van der Waals surface area contributed by atoms with E-state index in [9.17, 15) is 4.79 Å². The van der Waals surface area contributed by atoms with E-state index in [1.54, 1.807) is 44.6 Å². The van der Waals surface area contributed by atoms with E-state index in [1.807, 2.05) is 19.0 Å².